The average Bonchev–Trinajstić information content (AvgIpc) is 2.45. The van der Waals surface area contributed by atoms with E-state index in [-0.39, 0.29) is 12.1 Å². The minimum absolute atomic E-state index is 0.169. The van der Waals surface area contributed by atoms with E-state index in [0.29, 0.717) is 5.75 Å². The standard InChI is InChI=1S/C17H20ClNO/c1-3-17(13-7-9-15(18)10-8-13)19-12(2)14-5-4-6-16(20)11-14/h4-12,17,19-20H,3H2,1-2H3. The van der Waals surface area contributed by atoms with E-state index in [2.05, 4.69) is 31.3 Å². The molecule has 106 valence electrons. The molecule has 2 nitrogen and oxygen atoms in total. The number of phenolic OH excluding ortho intramolecular Hbond substituents is 1. The first kappa shape index (κ1) is 14.9. The van der Waals surface area contributed by atoms with Crippen LogP contribution in [-0.2, 0) is 0 Å². The van der Waals surface area contributed by atoms with Crippen molar-refractivity contribution in [1.29, 1.82) is 0 Å². The minimum atomic E-state index is 0.169. The lowest BCUT2D eigenvalue weighted by atomic mass is 10.0. The lowest BCUT2D eigenvalue weighted by Gasteiger charge is -2.23. The maximum atomic E-state index is 9.56. The molecule has 0 aliphatic heterocycles. The normalized spacial score (nSPS) is 13.9. The van der Waals surface area contributed by atoms with Crippen molar-refractivity contribution < 1.29 is 5.11 Å². The zero-order valence-corrected chi connectivity index (χ0v) is 12.6. The molecule has 0 spiro atoms. The Bertz CT molecular complexity index is 553. The maximum absolute atomic E-state index is 9.56. The van der Waals surface area contributed by atoms with Crippen molar-refractivity contribution in [3.8, 4) is 5.75 Å². The number of hydrogen-bond acceptors (Lipinski definition) is 2. The van der Waals surface area contributed by atoms with Gasteiger partial charge in [0.1, 0.15) is 5.75 Å². The van der Waals surface area contributed by atoms with E-state index in [0.717, 1.165) is 17.0 Å². The van der Waals surface area contributed by atoms with Gasteiger partial charge in [0.05, 0.1) is 0 Å². The van der Waals surface area contributed by atoms with E-state index >= 15 is 0 Å². The Kier molecular flexibility index (Phi) is 5.05. The van der Waals surface area contributed by atoms with Crippen LogP contribution in [0.2, 0.25) is 5.02 Å². The number of phenols is 1. The van der Waals surface area contributed by atoms with Crippen LogP contribution in [0.3, 0.4) is 0 Å². The summed E-state index contributed by atoms with van der Waals surface area (Å²) in [6.07, 6.45) is 0.991. The minimum Gasteiger partial charge on any atom is -0.508 e. The first-order chi connectivity index (χ1) is 9.60. The molecule has 3 heteroatoms. The number of aromatic hydroxyl groups is 1. The predicted octanol–water partition coefficient (Wildman–Crippen LogP) is 4.85. The molecule has 2 rings (SSSR count). The molecule has 2 unspecified atom stereocenters. The Hall–Kier alpha value is -1.51. The number of halogens is 1. The fraction of sp³-hybridized carbons (Fsp3) is 0.294. The van der Waals surface area contributed by atoms with Gasteiger partial charge in [-0.3, -0.25) is 0 Å². The molecule has 0 bridgehead atoms. The molecule has 0 saturated carbocycles. The molecule has 0 aromatic heterocycles. The van der Waals surface area contributed by atoms with Crippen molar-refractivity contribution in [2.45, 2.75) is 32.4 Å². The third-order valence-electron chi connectivity index (χ3n) is 3.50. The van der Waals surface area contributed by atoms with Crippen LogP contribution >= 0.6 is 11.6 Å². The Balaban J connectivity index is 2.11. The molecular weight excluding hydrogens is 270 g/mol. The van der Waals surface area contributed by atoms with Crippen molar-refractivity contribution in [2.24, 2.45) is 0 Å². The SMILES string of the molecule is CCC(NC(C)c1cccc(O)c1)c1ccc(Cl)cc1. The van der Waals surface area contributed by atoms with Crippen LogP contribution in [0.1, 0.15) is 43.5 Å². The van der Waals surface area contributed by atoms with Gasteiger partial charge in [-0.05, 0) is 48.7 Å². The second-order valence-electron chi connectivity index (χ2n) is 5.00. The summed E-state index contributed by atoms with van der Waals surface area (Å²) in [5, 5.41) is 13.9. The fourth-order valence-electron chi connectivity index (χ4n) is 2.34. The van der Waals surface area contributed by atoms with Crippen LogP contribution < -0.4 is 5.32 Å². The summed E-state index contributed by atoms with van der Waals surface area (Å²) in [5.41, 5.74) is 2.31. The van der Waals surface area contributed by atoms with E-state index in [1.165, 1.54) is 5.56 Å². The molecular formula is C17H20ClNO. The quantitative estimate of drug-likeness (QED) is 0.825. The van der Waals surface area contributed by atoms with E-state index in [9.17, 15) is 5.11 Å². The molecule has 0 fully saturated rings. The van der Waals surface area contributed by atoms with Gasteiger partial charge in [-0.1, -0.05) is 42.8 Å². The topological polar surface area (TPSA) is 32.3 Å². The third kappa shape index (κ3) is 3.75. The molecule has 20 heavy (non-hydrogen) atoms. The van der Waals surface area contributed by atoms with Crippen LogP contribution in [-0.4, -0.2) is 5.11 Å². The molecule has 2 aromatic carbocycles. The van der Waals surface area contributed by atoms with Crippen molar-refractivity contribution in [1.82, 2.24) is 5.32 Å². The second-order valence-corrected chi connectivity index (χ2v) is 5.43. The van der Waals surface area contributed by atoms with Gasteiger partial charge in [0.25, 0.3) is 0 Å². The largest absolute Gasteiger partial charge is 0.508 e. The van der Waals surface area contributed by atoms with Crippen LogP contribution in [0, 0.1) is 0 Å². The monoisotopic (exact) mass is 289 g/mol. The van der Waals surface area contributed by atoms with Crippen molar-refractivity contribution >= 4 is 11.6 Å². The molecule has 0 aliphatic carbocycles. The Morgan fingerprint density at radius 2 is 1.80 bits per heavy atom. The number of rotatable bonds is 5. The Morgan fingerprint density at radius 3 is 2.40 bits per heavy atom. The van der Waals surface area contributed by atoms with Gasteiger partial charge in [-0.25, -0.2) is 0 Å². The molecule has 0 saturated heterocycles. The predicted molar refractivity (Wildman–Crippen MR) is 84.1 cm³/mol. The number of nitrogens with one attached hydrogen (secondary N) is 1. The molecule has 2 aromatic rings. The second kappa shape index (κ2) is 6.78. The number of hydrogen-bond donors (Lipinski definition) is 2. The summed E-state index contributed by atoms with van der Waals surface area (Å²) >= 11 is 5.93. The molecule has 0 aliphatic rings. The molecule has 2 atom stereocenters. The summed E-state index contributed by atoms with van der Waals surface area (Å²) < 4.78 is 0. The van der Waals surface area contributed by atoms with Gasteiger partial charge < -0.3 is 10.4 Å². The third-order valence-corrected chi connectivity index (χ3v) is 3.75. The van der Waals surface area contributed by atoms with Crippen LogP contribution in [0.4, 0.5) is 0 Å². The highest BCUT2D eigenvalue weighted by Crippen LogP contribution is 2.24. The van der Waals surface area contributed by atoms with Gasteiger partial charge in [0, 0.05) is 17.1 Å². The van der Waals surface area contributed by atoms with Gasteiger partial charge in [-0.2, -0.15) is 0 Å². The Labute approximate surface area is 125 Å². The van der Waals surface area contributed by atoms with Gasteiger partial charge in [-0.15, -0.1) is 0 Å². The summed E-state index contributed by atoms with van der Waals surface area (Å²) in [4.78, 5) is 0. The molecule has 2 N–H and O–H groups in total. The van der Waals surface area contributed by atoms with Gasteiger partial charge in [0.15, 0.2) is 0 Å². The number of benzene rings is 2. The summed E-state index contributed by atoms with van der Waals surface area (Å²) in [5.74, 6) is 0.302. The summed E-state index contributed by atoms with van der Waals surface area (Å²) in [6.45, 7) is 4.26. The molecule has 0 heterocycles. The lowest BCUT2D eigenvalue weighted by molar-refractivity contribution is 0.449. The van der Waals surface area contributed by atoms with Crippen LogP contribution in [0.25, 0.3) is 0 Å². The zero-order chi connectivity index (χ0) is 14.5. The van der Waals surface area contributed by atoms with Crippen molar-refractivity contribution in [3.63, 3.8) is 0 Å². The molecule has 0 radical (unpaired) electrons. The smallest absolute Gasteiger partial charge is 0.115 e. The van der Waals surface area contributed by atoms with Gasteiger partial charge in [0.2, 0.25) is 0 Å². The Morgan fingerprint density at radius 1 is 1.10 bits per heavy atom. The molecule has 0 amide bonds. The van der Waals surface area contributed by atoms with Crippen LogP contribution in [0.5, 0.6) is 5.75 Å². The van der Waals surface area contributed by atoms with Gasteiger partial charge >= 0.3 is 0 Å². The van der Waals surface area contributed by atoms with E-state index < -0.39 is 0 Å². The maximum Gasteiger partial charge on any atom is 0.115 e. The lowest BCUT2D eigenvalue weighted by Crippen LogP contribution is -2.24. The van der Waals surface area contributed by atoms with E-state index in [1.807, 2.05) is 24.3 Å². The van der Waals surface area contributed by atoms with Crippen LogP contribution in [0.15, 0.2) is 48.5 Å². The fourth-order valence-corrected chi connectivity index (χ4v) is 2.46. The summed E-state index contributed by atoms with van der Waals surface area (Å²) in [6, 6.07) is 15.8. The highest BCUT2D eigenvalue weighted by atomic mass is 35.5. The highest BCUT2D eigenvalue weighted by Gasteiger charge is 2.14. The van der Waals surface area contributed by atoms with Crippen molar-refractivity contribution in [2.75, 3.05) is 0 Å². The first-order valence-corrected chi connectivity index (χ1v) is 7.28. The first-order valence-electron chi connectivity index (χ1n) is 6.90. The van der Waals surface area contributed by atoms with Crippen molar-refractivity contribution in [3.05, 3.63) is 64.7 Å². The zero-order valence-electron chi connectivity index (χ0n) is 11.8. The van der Waals surface area contributed by atoms with E-state index in [1.54, 1.807) is 12.1 Å². The highest BCUT2D eigenvalue weighted by molar-refractivity contribution is 6.30. The van der Waals surface area contributed by atoms with E-state index in [4.69, 9.17) is 11.6 Å². The average molecular weight is 290 g/mol. The summed E-state index contributed by atoms with van der Waals surface area (Å²) in [7, 11) is 0.